The number of H-pyrrole nitrogens is 1. The van der Waals surface area contributed by atoms with Gasteiger partial charge < -0.3 is 18.9 Å². The molecule has 15 heteroatoms. The van der Waals surface area contributed by atoms with Crippen LogP contribution in [0, 0.1) is 11.3 Å². The number of nitrogens with zero attached hydrogens (tertiary/aromatic N) is 5. The van der Waals surface area contributed by atoms with E-state index in [4.69, 9.17) is 47.4 Å². The number of hydrogen-bond acceptors (Lipinski definition) is 11. The number of halogens is 2. The molecule has 1 saturated carbocycles. The monoisotopic (exact) mass is 562 g/mol. The molecule has 13 nitrogen and oxygen atoms in total. The van der Waals surface area contributed by atoms with Crippen molar-refractivity contribution in [3.63, 3.8) is 0 Å². The molecule has 0 aliphatic heterocycles. The Labute approximate surface area is 224 Å². The second-order valence-electron chi connectivity index (χ2n) is 8.40. The first-order chi connectivity index (χ1) is 18.2. The van der Waals surface area contributed by atoms with Gasteiger partial charge in [0.2, 0.25) is 24.2 Å². The van der Waals surface area contributed by atoms with Gasteiger partial charge in [-0.2, -0.15) is 9.94 Å². The molecule has 4 rings (SSSR count). The van der Waals surface area contributed by atoms with E-state index in [2.05, 4.69) is 15.3 Å². The molecule has 1 aliphatic carbocycles. The highest BCUT2D eigenvalue weighted by molar-refractivity contribution is 6.37. The summed E-state index contributed by atoms with van der Waals surface area (Å²) < 4.78 is 22.0. The number of hydrogen-bond donors (Lipinski definition) is 1. The fourth-order valence-electron chi connectivity index (χ4n) is 3.26. The molecule has 0 amide bonds. The van der Waals surface area contributed by atoms with Crippen LogP contribution in [0.4, 0.5) is 4.79 Å². The Bertz CT molecular complexity index is 1500. The third kappa shape index (κ3) is 6.04. The van der Waals surface area contributed by atoms with E-state index in [0.29, 0.717) is 5.56 Å². The first kappa shape index (κ1) is 26.9. The van der Waals surface area contributed by atoms with Crippen molar-refractivity contribution in [1.29, 1.82) is 5.26 Å². The Morgan fingerprint density at radius 2 is 1.92 bits per heavy atom. The van der Waals surface area contributed by atoms with Gasteiger partial charge in [-0.05, 0) is 37.3 Å². The van der Waals surface area contributed by atoms with E-state index in [1.54, 1.807) is 12.1 Å². The molecule has 2 heterocycles. The lowest BCUT2D eigenvalue weighted by Crippen LogP contribution is -2.33. The fourth-order valence-corrected chi connectivity index (χ4v) is 3.82. The summed E-state index contributed by atoms with van der Waals surface area (Å²) in [7, 11) is 0. The number of aromatic nitrogens is 5. The van der Waals surface area contributed by atoms with Crippen molar-refractivity contribution in [2.24, 2.45) is 0 Å². The third-order valence-corrected chi connectivity index (χ3v) is 6.00. The Kier molecular flexibility index (Phi) is 8.13. The molecular formula is C23H20Cl2N6O7. The zero-order valence-electron chi connectivity index (χ0n) is 20.1. The molecule has 198 valence electrons. The van der Waals surface area contributed by atoms with E-state index >= 15 is 0 Å². The summed E-state index contributed by atoms with van der Waals surface area (Å²) >= 11 is 12.7. The first-order valence-electron chi connectivity index (χ1n) is 11.3. The summed E-state index contributed by atoms with van der Waals surface area (Å²) in [6.45, 7) is 3.36. The van der Waals surface area contributed by atoms with Gasteiger partial charge in [0.15, 0.2) is 5.75 Å². The Hall–Kier alpha value is -4.15. The van der Waals surface area contributed by atoms with Crippen molar-refractivity contribution >= 4 is 29.4 Å². The Balaban J connectivity index is 1.51. The van der Waals surface area contributed by atoms with Crippen molar-refractivity contribution in [1.82, 2.24) is 25.0 Å². The van der Waals surface area contributed by atoms with Crippen LogP contribution in [0.1, 0.15) is 50.3 Å². The van der Waals surface area contributed by atoms with Gasteiger partial charge in [-0.15, -0.1) is 15.3 Å². The summed E-state index contributed by atoms with van der Waals surface area (Å²) in [4.78, 5) is 37.5. The standard InChI is InChI=1S/C23H20Cl2N6O7/c1-11(2)14-8-18(28-29-21(14)35-10-36-23(34)37-13-4-3-5-13)38-19-15(24)6-12(7-16(19)25)31-22(33)27-20(32)17(9-26)30-31/h6-8,11,13H,3-5,10H2,1-2H3,(H,27,32,33). The number of carbonyl (C=O) groups is 1. The summed E-state index contributed by atoms with van der Waals surface area (Å²) in [5.74, 6) is 0.0996. The van der Waals surface area contributed by atoms with Crippen molar-refractivity contribution in [2.75, 3.05) is 6.79 Å². The maximum absolute atomic E-state index is 12.2. The second-order valence-corrected chi connectivity index (χ2v) is 9.21. The van der Waals surface area contributed by atoms with Crippen molar-refractivity contribution in [2.45, 2.75) is 45.1 Å². The van der Waals surface area contributed by atoms with Gasteiger partial charge in [-0.1, -0.05) is 37.0 Å². The highest BCUT2D eigenvalue weighted by atomic mass is 35.5. The maximum atomic E-state index is 12.2. The molecule has 0 saturated heterocycles. The minimum absolute atomic E-state index is 0.00908. The molecule has 2 aromatic heterocycles. The number of nitrogens with one attached hydrogen (secondary N) is 1. The topological polar surface area (TPSA) is 171 Å². The number of rotatable bonds is 8. The minimum Gasteiger partial charge on any atom is -0.438 e. The molecule has 38 heavy (non-hydrogen) atoms. The number of benzene rings is 1. The number of carbonyl (C=O) groups excluding carboxylic acids is 1. The molecule has 0 atom stereocenters. The summed E-state index contributed by atoms with van der Waals surface area (Å²) in [6, 6.07) is 5.78. The lowest BCUT2D eigenvalue weighted by molar-refractivity contribution is -0.0340. The van der Waals surface area contributed by atoms with Crippen LogP contribution in [0.2, 0.25) is 10.0 Å². The van der Waals surface area contributed by atoms with E-state index in [1.165, 1.54) is 12.1 Å². The highest BCUT2D eigenvalue weighted by Crippen LogP contribution is 2.38. The van der Waals surface area contributed by atoms with Crippen LogP contribution < -0.4 is 20.7 Å². The molecule has 1 aliphatic rings. The molecule has 0 radical (unpaired) electrons. The highest BCUT2D eigenvalue weighted by Gasteiger charge is 2.23. The lowest BCUT2D eigenvalue weighted by Gasteiger charge is -2.24. The SMILES string of the molecule is CC(C)c1cc(Oc2c(Cl)cc(-n3nc(C#N)c(=O)[nH]c3=O)cc2Cl)nnc1OCOC(=O)OC1CCC1. The van der Waals surface area contributed by atoms with Crippen LogP contribution in [-0.2, 0) is 9.47 Å². The zero-order valence-corrected chi connectivity index (χ0v) is 21.6. The number of aromatic amines is 1. The summed E-state index contributed by atoms with van der Waals surface area (Å²) in [5.41, 5.74) is -1.64. The molecule has 0 unspecified atom stereocenters. The zero-order chi connectivity index (χ0) is 27.4. The quantitative estimate of drug-likeness (QED) is 0.312. The third-order valence-electron chi connectivity index (χ3n) is 5.44. The smallest absolute Gasteiger partial charge is 0.438 e. The van der Waals surface area contributed by atoms with Crippen molar-refractivity contribution in [3.8, 4) is 29.3 Å². The van der Waals surface area contributed by atoms with Crippen LogP contribution in [-0.4, -0.2) is 44.0 Å². The predicted octanol–water partition coefficient (Wildman–Crippen LogP) is 3.85. The molecule has 0 bridgehead atoms. The largest absolute Gasteiger partial charge is 0.511 e. The second kappa shape index (κ2) is 11.5. The van der Waals surface area contributed by atoms with Crippen LogP contribution in [0.5, 0.6) is 17.5 Å². The van der Waals surface area contributed by atoms with Crippen LogP contribution in [0.15, 0.2) is 27.8 Å². The van der Waals surface area contributed by atoms with Gasteiger partial charge in [0.05, 0.1) is 15.7 Å². The molecule has 3 aromatic rings. The lowest BCUT2D eigenvalue weighted by atomic mass is 9.96. The maximum Gasteiger partial charge on any atom is 0.511 e. The molecular weight excluding hydrogens is 543 g/mol. The van der Waals surface area contributed by atoms with Crippen molar-refractivity contribution < 1.29 is 23.7 Å². The van der Waals surface area contributed by atoms with Gasteiger partial charge in [-0.3, -0.25) is 9.78 Å². The van der Waals surface area contributed by atoms with Gasteiger partial charge in [0.25, 0.3) is 5.56 Å². The van der Waals surface area contributed by atoms with Gasteiger partial charge in [-0.25, -0.2) is 9.59 Å². The van der Waals surface area contributed by atoms with E-state index < -0.39 is 29.9 Å². The predicted molar refractivity (Wildman–Crippen MR) is 132 cm³/mol. The van der Waals surface area contributed by atoms with E-state index in [0.717, 1.165) is 23.9 Å². The summed E-state index contributed by atoms with van der Waals surface area (Å²) in [5, 5.41) is 20.7. The van der Waals surface area contributed by atoms with Crippen molar-refractivity contribution in [3.05, 3.63) is 60.3 Å². The van der Waals surface area contributed by atoms with Crippen LogP contribution in [0.25, 0.3) is 5.69 Å². The normalized spacial score (nSPS) is 12.9. The van der Waals surface area contributed by atoms with Gasteiger partial charge >= 0.3 is 11.8 Å². The first-order valence-corrected chi connectivity index (χ1v) is 12.1. The van der Waals surface area contributed by atoms with Crippen LogP contribution >= 0.6 is 23.2 Å². The van der Waals surface area contributed by atoms with Crippen LogP contribution in [0.3, 0.4) is 0 Å². The minimum atomic E-state index is -0.919. The Morgan fingerprint density at radius 3 is 2.53 bits per heavy atom. The number of nitriles is 1. The average Bonchev–Trinajstić information content (AvgIpc) is 2.84. The van der Waals surface area contributed by atoms with E-state index in [-0.39, 0.29) is 45.3 Å². The Morgan fingerprint density at radius 1 is 1.21 bits per heavy atom. The molecule has 0 spiro atoms. The van der Waals surface area contributed by atoms with Gasteiger partial charge in [0.1, 0.15) is 12.2 Å². The number of ether oxygens (including phenoxy) is 4. The fraction of sp³-hybridized carbons (Fsp3) is 0.348. The van der Waals surface area contributed by atoms with E-state index in [1.807, 2.05) is 18.8 Å². The molecule has 1 aromatic carbocycles. The average molecular weight is 563 g/mol. The molecule has 1 fully saturated rings. The van der Waals surface area contributed by atoms with Gasteiger partial charge in [0, 0.05) is 11.6 Å². The van der Waals surface area contributed by atoms with E-state index in [9.17, 15) is 14.4 Å². The summed E-state index contributed by atoms with van der Waals surface area (Å²) in [6.07, 6.45) is 1.74. The molecule has 1 N–H and O–H groups in total.